The third kappa shape index (κ3) is 5.78. The highest BCUT2D eigenvalue weighted by atomic mass is 16.5. The van der Waals surface area contributed by atoms with Gasteiger partial charge in [-0.3, -0.25) is 9.80 Å². The number of hydrogen-bond donors (Lipinski definition) is 0. The number of benzene rings is 1. The normalized spacial score (nSPS) is 23.5. The summed E-state index contributed by atoms with van der Waals surface area (Å²) in [6, 6.07) is 13.5. The summed E-state index contributed by atoms with van der Waals surface area (Å²) in [5.41, 5.74) is 2.61. The van der Waals surface area contributed by atoms with E-state index in [-0.39, 0.29) is 5.60 Å². The molecule has 6 nitrogen and oxygen atoms in total. The Morgan fingerprint density at radius 3 is 2.59 bits per heavy atom. The van der Waals surface area contributed by atoms with E-state index >= 15 is 0 Å². The minimum Gasteiger partial charge on any atom is -0.375 e. The fraction of sp³-hybridized carbons (Fsp3) is 0.643. The Morgan fingerprint density at radius 1 is 1.03 bits per heavy atom. The number of rotatable bonds is 7. The van der Waals surface area contributed by atoms with Crippen LogP contribution < -0.4 is 4.90 Å². The van der Waals surface area contributed by atoms with Gasteiger partial charge in [-0.1, -0.05) is 37.3 Å². The van der Waals surface area contributed by atoms with Crippen molar-refractivity contribution in [2.24, 2.45) is 0 Å². The second-order valence-corrected chi connectivity index (χ2v) is 10.4. The van der Waals surface area contributed by atoms with Crippen molar-refractivity contribution in [1.82, 2.24) is 19.8 Å². The molecule has 0 aliphatic carbocycles. The predicted molar refractivity (Wildman–Crippen MR) is 137 cm³/mol. The van der Waals surface area contributed by atoms with Gasteiger partial charge in [-0.15, -0.1) is 0 Å². The zero-order valence-electron chi connectivity index (χ0n) is 20.9. The number of anilines is 1. The van der Waals surface area contributed by atoms with Crippen molar-refractivity contribution in [1.29, 1.82) is 0 Å². The van der Waals surface area contributed by atoms with E-state index in [2.05, 4.69) is 63.0 Å². The number of ether oxygens (including phenoxy) is 1. The van der Waals surface area contributed by atoms with Gasteiger partial charge >= 0.3 is 0 Å². The molecule has 5 rings (SSSR count). The van der Waals surface area contributed by atoms with Gasteiger partial charge in [0.15, 0.2) is 0 Å². The zero-order chi connectivity index (χ0) is 23.2. The average Bonchev–Trinajstić information content (AvgIpc) is 2.90. The summed E-state index contributed by atoms with van der Waals surface area (Å²) in [4.78, 5) is 17.1. The molecular weight excluding hydrogens is 422 g/mol. The summed E-state index contributed by atoms with van der Waals surface area (Å²) in [6.45, 7) is 10.6. The number of nitrogens with zero attached hydrogens (tertiary/aromatic N) is 5. The van der Waals surface area contributed by atoms with Gasteiger partial charge < -0.3 is 9.64 Å². The molecule has 2 aromatic rings. The highest BCUT2D eigenvalue weighted by molar-refractivity contribution is 5.30. The second kappa shape index (κ2) is 11.1. The van der Waals surface area contributed by atoms with Crippen molar-refractivity contribution in [2.75, 3.05) is 44.2 Å². The maximum atomic E-state index is 6.49. The molecule has 0 N–H and O–H groups in total. The molecule has 6 heteroatoms. The Bertz CT molecular complexity index is 893. The molecular formula is C28H41N5O. The SMILES string of the molecule is CCN(Cc1ccnc(N2CCCCC2)n1)[C@H]1CCOC2(CCN(Cc3ccccc3)CC2)C1. The molecule has 0 saturated carbocycles. The van der Waals surface area contributed by atoms with Crippen LogP contribution in [0.4, 0.5) is 5.95 Å². The summed E-state index contributed by atoms with van der Waals surface area (Å²) < 4.78 is 6.49. The predicted octanol–water partition coefficient (Wildman–Crippen LogP) is 4.50. The molecule has 1 aromatic carbocycles. The average molecular weight is 464 g/mol. The number of likely N-dealkylation sites (tertiary alicyclic amines) is 1. The maximum absolute atomic E-state index is 6.49. The van der Waals surface area contributed by atoms with Gasteiger partial charge in [-0.2, -0.15) is 0 Å². The van der Waals surface area contributed by atoms with Crippen LogP contribution >= 0.6 is 0 Å². The molecule has 1 spiro atoms. The summed E-state index contributed by atoms with van der Waals surface area (Å²) in [6.07, 6.45) is 10.3. The fourth-order valence-corrected chi connectivity index (χ4v) is 6.05. The van der Waals surface area contributed by atoms with E-state index in [1.54, 1.807) is 0 Å². The Balaban J connectivity index is 1.18. The van der Waals surface area contributed by atoms with Crippen LogP contribution in [-0.4, -0.2) is 70.7 Å². The van der Waals surface area contributed by atoms with Crippen LogP contribution in [0.1, 0.15) is 63.1 Å². The standard InChI is InChI=1S/C28H41N5O/c1-2-32(23-25-11-15-29-27(30-25)33-16-7-4-8-17-33)26-12-20-34-28(21-26)13-18-31(19-14-28)22-24-9-5-3-6-10-24/h3,5-6,9-11,15,26H,2,4,7-8,12-14,16-23H2,1H3/t26-/m0/s1. The number of hydrogen-bond acceptors (Lipinski definition) is 6. The van der Waals surface area contributed by atoms with Gasteiger partial charge in [0.1, 0.15) is 0 Å². The first kappa shape index (κ1) is 23.7. The molecule has 1 atom stereocenters. The molecule has 0 unspecified atom stereocenters. The molecule has 3 aliphatic heterocycles. The van der Waals surface area contributed by atoms with Gasteiger partial charge in [-0.05, 0) is 63.1 Å². The topological polar surface area (TPSA) is 44.7 Å². The Kier molecular flexibility index (Phi) is 7.77. The van der Waals surface area contributed by atoms with E-state index in [9.17, 15) is 0 Å². The molecule has 0 bridgehead atoms. The van der Waals surface area contributed by atoms with Crippen LogP contribution in [0.2, 0.25) is 0 Å². The van der Waals surface area contributed by atoms with Gasteiger partial charge in [-0.25, -0.2) is 9.97 Å². The lowest BCUT2D eigenvalue weighted by Crippen LogP contribution is -2.53. The van der Waals surface area contributed by atoms with Crippen molar-refractivity contribution in [3.05, 3.63) is 53.9 Å². The molecule has 4 heterocycles. The number of piperidine rings is 2. The van der Waals surface area contributed by atoms with Crippen molar-refractivity contribution >= 4 is 5.95 Å². The highest BCUT2D eigenvalue weighted by Crippen LogP contribution is 2.37. The smallest absolute Gasteiger partial charge is 0.225 e. The molecule has 3 fully saturated rings. The van der Waals surface area contributed by atoms with E-state index in [4.69, 9.17) is 9.72 Å². The maximum Gasteiger partial charge on any atom is 0.225 e. The molecule has 0 radical (unpaired) electrons. The first-order chi connectivity index (χ1) is 16.7. The van der Waals surface area contributed by atoms with Crippen LogP contribution in [0, 0.1) is 0 Å². The van der Waals surface area contributed by atoms with Crippen molar-refractivity contribution in [2.45, 2.75) is 76.6 Å². The Labute approximate surface area is 205 Å². The lowest BCUT2D eigenvalue weighted by atomic mass is 9.81. The Morgan fingerprint density at radius 2 is 1.82 bits per heavy atom. The van der Waals surface area contributed by atoms with Gasteiger partial charge in [0.05, 0.1) is 11.3 Å². The van der Waals surface area contributed by atoms with E-state index < -0.39 is 0 Å². The molecule has 34 heavy (non-hydrogen) atoms. The fourth-order valence-electron chi connectivity index (χ4n) is 6.05. The monoisotopic (exact) mass is 463 g/mol. The largest absolute Gasteiger partial charge is 0.375 e. The molecule has 0 amide bonds. The van der Waals surface area contributed by atoms with Crippen LogP contribution in [-0.2, 0) is 17.8 Å². The number of aromatic nitrogens is 2. The van der Waals surface area contributed by atoms with Crippen LogP contribution in [0.5, 0.6) is 0 Å². The van der Waals surface area contributed by atoms with Crippen LogP contribution in [0.25, 0.3) is 0 Å². The van der Waals surface area contributed by atoms with Crippen LogP contribution in [0.15, 0.2) is 42.6 Å². The third-order valence-corrected chi connectivity index (χ3v) is 8.11. The summed E-state index contributed by atoms with van der Waals surface area (Å²) in [5.74, 6) is 0.919. The molecule has 3 saturated heterocycles. The quantitative estimate of drug-likeness (QED) is 0.602. The van der Waals surface area contributed by atoms with Gasteiger partial charge in [0.25, 0.3) is 0 Å². The molecule has 184 valence electrons. The summed E-state index contributed by atoms with van der Waals surface area (Å²) in [5, 5.41) is 0. The second-order valence-electron chi connectivity index (χ2n) is 10.4. The van der Waals surface area contributed by atoms with E-state index in [1.165, 1.54) is 24.8 Å². The minimum atomic E-state index is 0.0498. The van der Waals surface area contributed by atoms with Crippen molar-refractivity contribution in [3.63, 3.8) is 0 Å². The van der Waals surface area contributed by atoms with E-state index in [0.717, 1.165) is 89.7 Å². The van der Waals surface area contributed by atoms with Crippen molar-refractivity contribution < 1.29 is 4.74 Å². The van der Waals surface area contributed by atoms with Gasteiger partial charge in [0.2, 0.25) is 5.95 Å². The van der Waals surface area contributed by atoms with Crippen molar-refractivity contribution in [3.8, 4) is 0 Å². The van der Waals surface area contributed by atoms with E-state index in [0.29, 0.717) is 6.04 Å². The summed E-state index contributed by atoms with van der Waals surface area (Å²) >= 11 is 0. The lowest BCUT2D eigenvalue weighted by molar-refractivity contribution is -0.134. The van der Waals surface area contributed by atoms with Gasteiger partial charge in [0, 0.05) is 58.1 Å². The zero-order valence-corrected chi connectivity index (χ0v) is 20.9. The lowest BCUT2D eigenvalue weighted by Gasteiger charge is -2.48. The minimum absolute atomic E-state index is 0.0498. The Hall–Kier alpha value is -2.02. The highest BCUT2D eigenvalue weighted by Gasteiger charge is 2.41. The van der Waals surface area contributed by atoms with Crippen LogP contribution in [0.3, 0.4) is 0 Å². The first-order valence-corrected chi connectivity index (χ1v) is 13.4. The molecule has 3 aliphatic rings. The van der Waals surface area contributed by atoms with E-state index in [1.807, 2.05) is 6.20 Å². The first-order valence-electron chi connectivity index (χ1n) is 13.4. The summed E-state index contributed by atoms with van der Waals surface area (Å²) in [7, 11) is 0. The molecule has 1 aromatic heterocycles. The third-order valence-electron chi connectivity index (χ3n) is 8.11.